The van der Waals surface area contributed by atoms with Crippen molar-refractivity contribution in [2.24, 2.45) is 17.3 Å². The van der Waals surface area contributed by atoms with E-state index in [9.17, 15) is 32.4 Å². The summed E-state index contributed by atoms with van der Waals surface area (Å²) in [7, 11) is -4.31. The molecule has 2 saturated carbocycles. The molecule has 3 saturated heterocycles. The van der Waals surface area contributed by atoms with Gasteiger partial charge in [0.05, 0.1) is 23.7 Å². The number of aromatic nitrogens is 2. The maximum atomic E-state index is 15.3. The molecule has 5 fully saturated rings. The van der Waals surface area contributed by atoms with Crippen LogP contribution in [0.15, 0.2) is 66.5 Å². The Morgan fingerprint density at radius 1 is 0.984 bits per heavy atom. The quantitative estimate of drug-likeness (QED) is 0.213. The van der Waals surface area contributed by atoms with Crippen LogP contribution < -0.4 is 20.7 Å². The number of nitrogens with one attached hydrogen (secondary N) is 4. The minimum Gasteiger partial charge on any atom is -0.342 e. The Kier molecular flexibility index (Phi) is 12.2. The van der Waals surface area contributed by atoms with Crippen molar-refractivity contribution in [1.82, 2.24) is 45.3 Å². The first-order valence-electron chi connectivity index (χ1n) is 21.3. The van der Waals surface area contributed by atoms with Crippen molar-refractivity contribution in [2.45, 2.75) is 126 Å². The Balaban J connectivity index is 1.20. The molecule has 0 radical (unpaired) electrons. The fourth-order valence-corrected chi connectivity index (χ4v) is 11.1. The third kappa shape index (κ3) is 8.27. The van der Waals surface area contributed by atoms with E-state index in [1.54, 1.807) is 31.7 Å². The molecule has 3 aliphatic heterocycles. The Bertz CT molecular complexity index is 2160. The van der Waals surface area contributed by atoms with E-state index in [0.29, 0.717) is 32.4 Å². The number of nitrogens with zero attached hydrogens (tertiary/aromatic N) is 5. The molecule has 1 spiro atoms. The second kappa shape index (κ2) is 16.9. The van der Waals surface area contributed by atoms with Crippen LogP contribution in [0.2, 0.25) is 0 Å². The highest BCUT2D eigenvalue weighted by molar-refractivity contribution is 7.90. The van der Waals surface area contributed by atoms with E-state index in [1.165, 1.54) is 53.8 Å². The number of hydrogen-bond acceptors (Lipinski definition) is 11. The van der Waals surface area contributed by atoms with Crippen LogP contribution in [0.1, 0.15) is 96.0 Å². The minimum absolute atomic E-state index is 0.0170. The molecule has 7 atom stereocenters. The first-order valence-corrected chi connectivity index (χ1v) is 22.8. The van der Waals surface area contributed by atoms with Crippen LogP contribution >= 0.6 is 0 Å². The second-order valence-electron chi connectivity index (χ2n) is 18.1. The SMILES string of the molecule is C=C[C@@H]1C[C@@]1(NC(=O)[C@@H]1CC2(CN1C(=O)[C@@H](NC(=O)[C@@H](NC(=O)c1cnccn1)C1CCCCC1)C(C)(C)C)N(CC)C(=O)[C@@H]1CCCN12)C(=O)NS(=O)(=O)c1ccccc1. The van der Waals surface area contributed by atoms with E-state index in [2.05, 4.69) is 42.1 Å². The highest BCUT2D eigenvalue weighted by Gasteiger charge is 2.66. The summed E-state index contributed by atoms with van der Waals surface area (Å²) in [6.45, 7) is 11.9. The highest BCUT2D eigenvalue weighted by atomic mass is 32.2. The predicted octanol–water partition coefficient (Wildman–Crippen LogP) is 1.88. The zero-order valence-corrected chi connectivity index (χ0v) is 36.1. The number of sulfonamides is 1. The Morgan fingerprint density at radius 2 is 1.70 bits per heavy atom. The Labute approximate surface area is 356 Å². The molecule has 6 amide bonds. The highest BCUT2D eigenvalue weighted by Crippen LogP contribution is 2.48. The molecule has 4 N–H and O–H groups in total. The van der Waals surface area contributed by atoms with Crippen LogP contribution in [-0.4, -0.2) is 124 Å². The van der Waals surface area contributed by atoms with Crippen LogP contribution in [0.3, 0.4) is 0 Å². The maximum Gasteiger partial charge on any atom is 0.272 e. The number of amides is 6. The van der Waals surface area contributed by atoms with Crippen molar-refractivity contribution < 1.29 is 37.2 Å². The van der Waals surface area contributed by atoms with Gasteiger partial charge in [-0.05, 0) is 62.5 Å². The molecule has 2 aromatic rings. The summed E-state index contributed by atoms with van der Waals surface area (Å²) in [5, 5.41) is 8.72. The van der Waals surface area contributed by atoms with Crippen LogP contribution in [-0.2, 0) is 34.0 Å². The summed E-state index contributed by atoms with van der Waals surface area (Å²) >= 11 is 0. The summed E-state index contributed by atoms with van der Waals surface area (Å²) in [4.78, 5) is 99.1. The lowest BCUT2D eigenvalue weighted by Crippen LogP contribution is -2.62. The van der Waals surface area contributed by atoms with Gasteiger partial charge < -0.3 is 25.8 Å². The first kappa shape index (κ1) is 43.8. The van der Waals surface area contributed by atoms with Gasteiger partial charge in [0.15, 0.2) is 0 Å². The summed E-state index contributed by atoms with van der Waals surface area (Å²) in [6, 6.07) is 3.54. The van der Waals surface area contributed by atoms with Gasteiger partial charge in [-0.2, -0.15) is 0 Å². The molecule has 1 aromatic carbocycles. The molecule has 61 heavy (non-hydrogen) atoms. The average Bonchev–Trinajstić information content (AvgIpc) is 3.49. The fraction of sp³-hybridized carbons (Fsp3) is 0.581. The molecule has 1 aromatic heterocycles. The van der Waals surface area contributed by atoms with Crippen molar-refractivity contribution in [3.63, 3.8) is 0 Å². The van der Waals surface area contributed by atoms with Gasteiger partial charge in [-0.1, -0.05) is 64.3 Å². The number of rotatable bonds is 13. The molecule has 0 bridgehead atoms. The summed E-state index contributed by atoms with van der Waals surface area (Å²) in [6.07, 6.45) is 11.2. The molecule has 1 unspecified atom stereocenters. The number of carbonyl (C=O) groups excluding carboxylic acids is 6. The van der Waals surface area contributed by atoms with Crippen molar-refractivity contribution in [3.8, 4) is 0 Å². The average molecular weight is 860 g/mol. The van der Waals surface area contributed by atoms with Crippen LogP contribution in [0, 0.1) is 17.3 Å². The molecular formula is C43H57N9O8S. The van der Waals surface area contributed by atoms with Crippen molar-refractivity contribution >= 4 is 45.5 Å². The second-order valence-corrected chi connectivity index (χ2v) is 19.8. The Morgan fingerprint density at radius 3 is 2.33 bits per heavy atom. The third-order valence-corrected chi connectivity index (χ3v) is 14.6. The predicted molar refractivity (Wildman–Crippen MR) is 222 cm³/mol. The lowest BCUT2D eigenvalue weighted by atomic mass is 9.82. The zero-order valence-electron chi connectivity index (χ0n) is 35.3. The monoisotopic (exact) mass is 859 g/mol. The van der Waals surface area contributed by atoms with E-state index in [0.717, 1.165) is 25.7 Å². The van der Waals surface area contributed by atoms with Gasteiger partial charge in [0.2, 0.25) is 23.6 Å². The number of likely N-dealkylation sites (N-methyl/N-ethyl adjacent to an activating group) is 1. The molecule has 4 heterocycles. The number of fused-ring (bicyclic) bond motifs is 2. The van der Waals surface area contributed by atoms with Crippen LogP contribution in [0.5, 0.6) is 0 Å². The van der Waals surface area contributed by atoms with E-state index in [1.807, 2.05) is 6.92 Å². The molecule has 17 nitrogen and oxygen atoms in total. The fourth-order valence-electron chi connectivity index (χ4n) is 10.0. The lowest BCUT2D eigenvalue weighted by Gasteiger charge is -2.40. The van der Waals surface area contributed by atoms with Gasteiger partial charge in [-0.3, -0.25) is 38.7 Å². The standard InChI is InChI=1S/C43H57N9O8S/c1-6-28-23-43(28,40(58)49-61(59,60)29-17-12-9-13-18-29)48-36(54)32-24-42(51(7-2)38(56)31-19-14-22-52(31)42)26-50(32)39(57)34(41(3,4)5)47-37(55)33(27-15-10-8-11-16-27)46-35(53)30-25-44-20-21-45-30/h6,9,12-13,17-18,20-21,25,27-28,31-34H,1,7-8,10-11,14-16,19,22-24,26H2,2-5H3,(H,46,53)(H,47,55)(H,48,54)(H,49,58)/t28-,31+,32+,33+,34-,42?,43+/m1/s1. The van der Waals surface area contributed by atoms with Crippen LogP contribution in [0.4, 0.5) is 0 Å². The molecule has 5 aliphatic rings. The van der Waals surface area contributed by atoms with Gasteiger partial charge in [0.25, 0.3) is 21.8 Å². The summed E-state index contributed by atoms with van der Waals surface area (Å²) in [5.41, 5.74) is -3.61. The third-order valence-electron chi connectivity index (χ3n) is 13.3. The van der Waals surface area contributed by atoms with Gasteiger partial charge in [0, 0.05) is 37.8 Å². The smallest absolute Gasteiger partial charge is 0.272 e. The van der Waals surface area contributed by atoms with Gasteiger partial charge >= 0.3 is 0 Å². The molecule has 7 rings (SSSR count). The van der Waals surface area contributed by atoms with Gasteiger partial charge in [-0.25, -0.2) is 18.1 Å². The minimum atomic E-state index is -4.31. The largest absolute Gasteiger partial charge is 0.342 e. The molecule has 328 valence electrons. The van der Waals surface area contributed by atoms with Gasteiger partial charge in [0.1, 0.15) is 35.0 Å². The van der Waals surface area contributed by atoms with Crippen molar-refractivity contribution in [1.29, 1.82) is 0 Å². The molecule has 2 aliphatic carbocycles. The molecular weight excluding hydrogens is 803 g/mol. The topological polar surface area (TPSA) is 220 Å². The van der Waals surface area contributed by atoms with E-state index in [4.69, 9.17) is 0 Å². The van der Waals surface area contributed by atoms with Gasteiger partial charge in [-0.15, -0.1) is 6.58 Å². The number of likely N-dealkylation sites (tertiary alicyclic amines) is 1. The summed E-state index contributed by atoms with van der Waals surface area (Å²) in [5.74, 6) is -4.26. The van der Waals surface area contributed by atoms with E-state index in [-0.39, 0.29) is 41.8 Å². The zero-order chi connectivity index (χ0) is 43.9. The number of hydrogen-bond donors (Lipinski definition) is 4. The van der Waals surface area contributed by atoms with E-state index < -0.39 is 86.3 Å². The van der Waals surface area contributed by atoms with Crippen molar-refractivity contribution in [3.05, 3.63) is 67.3 Å². The first-order chi connectivity index (χ1) is 29.0. The normalized spacial score (nSPS) is 27.5. The lowest BCUT2D eigenvalue weighted by molar-refractivity contribution is -0.145. The maximum absolute atomic E-state index is 15.3. The summed E-state index contributed by atoms with van der Waals surface area (Å²) < 4.78 is 28.7. The van der Waals surface area contributed by atoms with Crippen molar-refractivity contribution in [2.75, 3.05) is 19.6 Å². The van der Waals surface area contributed by atoms with Crippen LogP contribution in [0.25, 0.3) is 0 Å². The Hall–Kier alpha value is -5.23. The molecule has 18 heteroatoms. The number of benzene rings is 1. The van der Waals surface area contributed by atoms with E-state index >= 15 is 4.79 Å². The number of carbonyl (C=O) groups is 6.